The lowest BCUT2D eigenvalue weighted by Gasteiger charge is -2.26. The fourth-order valence-electron chi connectivity index (χ4n) is 1.45. The number of alkyl carbamates (subject to hydrolysis) is 1. The molecule has 7 heteroatoms. The lowest BCUT2D eigenvalue weighted by Crippen LogP contribution is -2.46. The number of ether oxygens (including phenoxy) is 2. The first-order valence-corrected chi connectivity index (χ1v) is 6.43. The van der Waals surface area contributed by atoms with Crippen LogP contribution in [0.25, 0.3) is 0 Å². The molecule has 0 saturated carbocycles. The van der Waals surface area contributed by atoms with Crippen molar-refractivity contribution in [2.75, 3.05) is 26.8 Å². The average Bonchev–Trinajstić information content (AvgIpc) is 2.45. The van der Waals surface area contributed by atoms with Gasteiger partial charge in [-0.25, -0.2) is 9.59 Å². The molecule has 7 nitrogen and oxygen atoms in total. The Morgan fingerprint density at radius 3 is 2.29 bits per heavy atom. The second-order valence-corrected chi connectivity index (χ2v) is 4.30. The number of hydrogen-bond donors (Lipinski definition) is 1. The van der Waals surface area contributed by atoms with E-state index in [1.165, 1.54) is 31.0 Å². The third kappa shape index (κ3) is 8.46. The topological polar surface area (TPSA) is 84.9 Å². The highest BCUT2D eigenvalue weighted by Gasteiger charge is 2.23. The zero-order chi connectivity index (χ0) is 16.3. The molecule has 0 aliphatic carbocycles. The predicted molar refractivity (Wildman–Crippen MR) is 77.9 cm³/mol. The smallest absolute Gasteiger partial charge is 0.410 e. The van der Waals surface area contributed by atoms with E-state index >= 15 is 0 Å². The molecule has 0 aromatic rings. The number of nitrogens with zero attached hydrogens (tertiary/aromatic N) is 1. The van der Waals surface area contributed by atoms with Crippen LogP contribution in [0.3, 0.4) is 0 Å². The van der Waals surface area contributed by atoms with Crippen molar-refractivity contribution in [3.05, 3.63) is 25.3 Å². The molecule has 2 amide bonds. The standard InChI is InChI=1S/C14H22N2O5/c1-5-7-20-13(18)15-10-12(9-11(3)17)16(4)14(19)21-8-6-2/h5-6,12H,1-2,7-10H2,3-4H3,(H,15,18)/t12-/m1/s1. The van der Waals surface area contributed by atoms with E-state index in [0.717, 1.165) is 0 Å². The van der Waals surface area contributed by atoms with Gasteiger partial charge in [-0.3, -0.25) is 4.79 Å². The van der Waals surface area contributed by atoms with Crippen LogP contribution in [-0.4, -0.2) is 55.7 Å². The molecule has 0 heterocycles. The van der Waals surface area contributed by atoms with Crippen LogP contribution in [0.4, 0.5) is 9.59 Å². The zero-order valence-corrected chi connectivity index (χ0v) is 12.5. The second kappa shape index (κ2) is 10.5. The van der Waals surface area contributed by atoms with Gasteiger partial charge in [0.15, 0.2) is 0 Å². The highest BCUT2D eigenvalue weighted by atomic mass is 16.6. The van der Waals surface area contributed by atoms with Crippen LogP contribution in [0.2, 0.25) is 0 Å². The van der Waals surface area contributed by atoms with Crippen molar-refractivity contribution < 1.29 is 23.9 Å². The molecule has 1 atom stereocenters. The minimum Gasteiger partial charge on any atom is -0.445 e. The predicted octanol–water partition coefficient (Wildman–Crippen LogP) is 1.50. The SMILES string of the molecule is C=CCOC(=O)NC[C@@H](CC(C)=O)N(C)C(=O)OCC=C. The maximum atomic E-state index is 11.7. The fourth-order valence-corrected chi connectivity index (χ4v) is 1.45. The van der Waals surface area contributed by atoms with Gasteiger partial charge >= 0.3 is 12.2 Å². The van der Waals surface area contributed by atoms with E-state index in [2.05, 4.69) is 18.5 Å². The molecule has 0 aliphatic heterocycles. The molecule has 21 heavy (non-hydrogen) atoms. The summed E-state index contributed by atoms with van der Waals surface area (Å²) in [5, 5.41) is 2.48. The Balaban J connectivity index is 4.52. The van der Waals surface area contributed by atoms with Crippen LogP contribution in [0.15, 0.2) is 25.3 Å². The number of hydrogen-bond acceptors (Lipinski definition) is 5. The molecule has 0 fully saturated rings. The summed E-state index contributed by atoms with van der Waals surface area (Å²) in [6, 6.07) is -0.518. The van der Waals surface area contributed by atoms with E-state index in [1.54, 1.807) is 0 Å². The van der Waals surface area contributed by atoms with Crippen LogP contribution < -0.4 is 5.32 Å². The largest absolute Gasteiger partial charge is 0.445 e. The first-order chi connectivity index (χ1) is 9.92. The molecule has 0 radical (unpaired) electrons. The van der Waals surface area contributed by atoms with Gasteiger partial charge in [0.2, 0.25) is 0 Å². The Bertz CT molecular complexity index is 395. The molecular weight excluding hydrogens is 276 g/mol. The van der Waals surface area contributed by atoms with Crippen molar-refractivity contribution in [2.45, 2.75) is 19.4 Å². The van der Waals surface area contributed by atoms with E-state index < -0.39 is 18.2 Å². The summed E-state index contributed by atoms with van der Waals surface area (Å²) >= 11 is 0. The van der Waals surface area contributed by atoms with Crippen molar-refractivity contribution in [1.82, 2.24) is 10.2 Å². The number of ketones is 1. The van der Waals surface area contributed by atoms with Crippen LogP contribution in [0.1, 0.15) is 13.3 Å². The van der Waals surface area contributed by atoms with Crippen LogP contribution in [0.5, 0.6) is 0 Å². The first-order valence-electron chi connectivity index (χ1n) is 6.43. The number of likely N-dealkylation sites (N-methyl/N-ethyl adjacent to an activating group) is 1. The Morgan fingerprint density at radius 2 is 1.76 bits per heavy atom. The molecule has 0 saturated heterocycles. The number of carbonyl (C=O) groups excluding carboxylic acids is 3. The lowest BCUT2D eigenvalue weighted by atomic mass is 10.1. The van der Waals surface area contributed by atoms with Crippen molar-refractivity contribution in [3.63, 3.8) is 0 Å². The van der Waals surface area contributed by atoms with E-state index in [4.69, 9.17) is 9.47 Å². The average molecular weight is 298 g/mol. The maximum Gasteiger partial charge on any atom is 0.410 e. The number of Topliss-reactive ketones (excluding diaryl/α,β-unsaturated/α-hetero) is 1. The van der Waals surface area contributed by atoms with Gasteiger partial charge in [0.1, 0.15) is 19.0 Å². The van der Waals surface area contributed by atoms with Gasteiger partial charge in [-0.1, -0.05) is 25.3 Å². The van der Waals surface area contributed by atoms with Crippen LogP contribution in [0, 0.1) is 0 Å². The zero-order valence-electron chi connectivity index (χ0n) is 12.5. The van der Waals surface area contributed by atoms with E-state index in [-0.39, 0.29) is 32.0 Å². The third-order valence-electron chi connectivity index (χ3n) is 2.50. The monoisotopic (exact) mass is 298 g/mol. The van der Waals surface area contributed by atoms with E-state index in [0.29, 0.717) is 0 Å². The first kappa shape index (κ1) is 18.7. The van der Waals surface area contributed by atoms with Gasteiger partial charge in [0.05, 0.1) is 6.04 Å². The summed E-state index contributed by atoms with van der Waals surface area (Å²) in [6.45, 7) is 8.51. The molecule has 0 rings (SSSR count). The fraction of sp³-hybridized carbons (Fsp3) is 0.500. The summed E-state index contributed by atoms with van der Waals surface area (Å²) in [7, 11) is 1.50. The van der Waals surface area contributed by atoms with Crippen molar-refractivity contribution in [3.8, 4) is 0 Å². The van der Waals surface area contributed by atoms with Crippen molar-refractivity contribution in [2.24, 2.45) is 0 Å². The minimum absolute atomic E-state index is 0.0742. The third-order valence-corrected chi connectivity index (χ3v) is 2.50. The van der Waals surface area contributed by atoms with Crippen molar-refractivity contribution in [1.29, 1.82) is 0 Å². The molecule has 0 aromatic carbocycles. The summed E-state index contributed by atoms with van der Waals surface area (Å²) in [4.78, 5) is 35.6. The molecule has 0 spiro atoms. The van der Waals surface area contributed by atoms with E-state index in [1.807, 2.05) is 0 Å². The van der Waals surface area contributed by atoms with Gasteiger partial charge in [-0.05, 0) is 6.92 Å². The number of nitrogens with one attached hydrogen (secondary N) is 1. The Morgan fingerprint density at radius 1 is 1.19 bits per heavy atom. The molecule has 0 aliphatic rings. The Kier molecular flexibility index (Phi) is 9.32. The van der Waals surface area contributed by atoms with Gasteiger partial charge in [-0.15, -0.1) is 0 Å². The number of amides is 2. The van der Waals surface area contributed by atoms with Crippen LogP contribution in [-0.2, 0) is 14.3 Å². The summed E-state index contributed by atoms with van der Waals surface area (Å²) < 4.78 is 9.64. The van der Waals surface area contributed by atoms with E-state index in [9.17, 15) is 14.4 Å². The molecular formula is C14H22N2O5. The summed E-state index contributed by atoms with van der Waals surface area (Å²) in [5.74, 6) is -0.107. The number of rotatable bonds is 9. The van der Waals surface area contributed by atoms with Gasteiger partial charge in [0.25, 0.3) is 0 Å². The highest BCUT2D eigenvalue weighted by molar-refractivity contribution is 5.77. The summed E-state index contributed by atoms with van der Waals surface area (Å²) in [6.07, 6.45) is 1.74. The van der Waals surface area contributed by atoms with Gasteiger partial charge in [0, 0.05) is 20.0 Å². The molecule has 0 bridgehead atoms. The molecule has 0 unspecified atom stereocenters. The summed E-state index contributed by atoms with van der Waals surface area (Å²) in [5.41, 5.74) is 0. The quantitative estimate of drug-likeness (QED) is 0.652. The van der Waals surface area contributed by atoms with Gasteiger partial charge < -0.3 is 19.7 Å². The highest BCUT2D eigenvalue weighted by Crippen LogP contribution is 2.05. The van der Waals surface area contributed by atoms with Crippen LogP contribution >= 0.6 is 0 Å². The molecule has 1 N–H and O–H groups in total. The minimum atomic E-state index is -0.642. The Hall–Kier alpha value is -2.31. The Labute approximate surface area is 124 Å². The lowest BCUT2D eigenvalue weighted by molar-refractivity contribution is -0.117. The second-order valence-electron chi connectivity index (χ2n) is 4.30. The molecule has 118 valence electrons. The van der Waals surface area contributed by atoms with Gasteiger partial charge in [-0.2, -0.15) is 0 Å². The maximum absolute atomic E-state index is 11.7. The van der Waals surface area contributed by atoms with Crippen molar-refractivity contribution >= 4 is 18.0 Å². The normalized spacial score (nSPS) is 11.0. The number of carbonyl (C=O) groups is 3. The molecule has 0 aromatic heterocycles.